The van der Waals surface area contributed by atoms with Crippen molar-refractivity contribution in [1.82, 2.24) is 0 Å². The van der Waals surface area contributed by atoms with Gasteiger partial charge in [0.05, 0.1) is 0 Å². The van der Waals surface area contributed by atoms with Crippen LogP contribution in [0.25, 0.3) is 0 Å². The molecule has 0 amide bonds. The van der Waals surface area contributed by atoms with Crippen LogP contribution in [0.5, 0.6) is 0 Å². The number of hydrogen-bond acceptors (Lipinski definition) is 3. The van der Waals surface area contributed by atoms with Crippen molar-refractivity contribution in [2.24, 2.45) is 5.16 Å². The molecule has 0 aromatic carbocycles. The van der Waals surface area contributed by atoms with Crippen LogP contribution in [-0.2, 0) is 4.79 Å². The third-order valence-electron chi connectivity index (χ3n) is 0.460. The molecule has 0 bridgehead atoms. The molecule has 0 spiro atoms. The maximum Gasteiger partial charge on any atom is 0.353 e. The van der Waals surface area contributed by atoms with Crippen molar-refractivity contribution in [2.75, 3.05) is 0 Å². The molecule has 0 aliphatic rings. The largest absolute Gasteiger partial charge is 0.477 e. The Labute approximate surface area is 74.0 Å². The number of oxime groups is 1. The summed E-state index contributed by atoms with van der Waals surface area (Å²) in [6.45, 7) is 1.20. The molecule has 0 heterocycles. The van der Waals surface area contributed by atoms with E-state index in [2.05, 4.69) is 5.16 Å². The van der Waals surface area contributed by atoms with E-state index in [0.29, 0.717) is 0 Å². The van der Waals surface area contributed by atoms with E-state index < -0.39 is 5.97 Å². The van der Waals surface area contributed by atoms with Crippen molar-refractivity contribution in [3.8, 4) is 0 Å². The predicted molar refractivity (Wildman–Crippen MR) is 31.9 cm³/mol. The first kappa shape index (κ1) is 16.0. The van der Waals surface area contributed by atoms with Crippen LogP contribution in [0.1, 0.15) is 6.92 Å². The summed E-state index contributed by atoms with van der Waals surface area (Å²) in [5.41, 5.74) is -0.306. The maximum absolute atomic E-state index is 9.64. The Bertz CT molecular complexity index is 112. The molecule has 4 N–H and O–H groups in total. The minimum Gasteiger partial charge on any atom is -0.477 e. The number of nitrogens with zero attached hydrogens (tertiary/aromatic N) is 1. The van der Waals surface area contributed by atoms with Gasteiger partial charge in [-0.15, -0.1) is 0 Å². The van der Waals surface area contributed by atoms with Gasteiger partial charge >= 0.3 is 5.97 Å². The average Bonchev–Trinajstić information content (AvgIpc) is 1.65. The van der Waals surface area contributed by atoms with E-state index in [9.17, 15) is 4.79 Å². The quantitative estimate of drug-likeness (QED) is 0.207. The van der Waals surface area contributed by atoms with Gasteiger partial charge in [0.2, 0.25) is 0 Å². The Kier molecular flexibility index (Phi) is 14.0. The molecule has 0 fully saturated rings. The van der Waals surface area contributed by atoms with Crippen molar-refractivity contribution in [1.29, 1.82) is 0 Å². The minimum absolute atomic E-state index is 0. The van der Waals surface area contributed by atoms with Crippen LogP contribution in [0.2, 0.25) is 0 Å². The molecule has 6 heteroatoms. The van der Waals surface area contributed by atoms with E-state index >= 15 is 0 Å². The monoisotopic (exact) mass is 144 g/mol. The Morgan fingerprint density at radius 1 is 1.56 bits per heavy atom. The fraction of sp³-hybridized carbons (Fsp3) is 0.333. The Hall–Kier alpha value is -0.100. The molecule has 0 aliphatic heterocycles. The summed E-state index contributed by atoms with van der Waals surface area (Å²) in [4.78, 5) is 9.64. The molecule has 5 nitrogen and oxygen atoms in total. The van der Waals surface area contributed by atoms with E-state index in [1.165, 1.54) is 6.92 Å². The molecule has 1 radical (unpaired) electrons. The molecule has 0 aromatic heterocycles. The van der Waals surface area contributed by atoms with E-state index in [0.717, 1.165) is 0 Å². The molecule has 0 aromatic rings. The van der Waals surface area contributed by atoms with E-state index in [-0.39, 0.29) is 40.7 Å². The second kappa shape index (κ2) is 7.90. The van der Waals surface area contributed by atoms with Crippen LogP contribution in [0, 0.1) is 0 Å². The smallest absolute Gasteiger partial charge is 0.353 e. The Balaban J connectivity index is -0.000000180. The number of hydrogen-bond donors (Lipinski definition) is 2. The Morgan fingerprint density at radius 3 is 1.89 bits per heavy atom. The molecule has 0 saturated heterocycles. The number of aliphatic carboxylic acids is 1. The zero-order valence-corrected chi connectivity index (χ0v) is 7.25. The standard InChI is InChI=1S/C3H5NO3.Na.H2O/c1-2(4-7)3(5)6;;/h7H,1H3,(H,5,6);;1H2. The van der Waals surface area contributed by atoms with E-state index in [1.54, 1.807) is 0 Å². The fourth-order valence-corrected chi connectivity index (χ4v) is 0.0428. The molecular weight excluding hydrogens is 137 g/mol. The first-order valence-electron chi connectivity index (χ1n) is 1.60. The SMILES string of the molecule is CC(=NO)C(=O)O.O.[Na]. The van der Waals surface area contributed by atoms with Gasteiger partial charge < -0.3 is 15.8 Å². The number of carboxylic acids is 1. The van der Waals surface area contributed by atoms with E-state index in [4.69, 9.17) is 10.3 Å². The van der Waals surface area contributed by atoms with E-state index in [1.807, 2.05) is 0 Å². The van der Waals surface area contributed by atoms with Gasteiger partial charge in [-0.05, 0) is 6.92 Å². The Morgan fingerprint density at radius 2 is 1.89 bits per heavy atom. The third kappa shape index (κ3) is 7.90. The summed E-state index contributed by atoms with van der Waals surface area (Å²) in [6, 6.07) is 0. The van der Waals surface area contributed by atoms with Gasteiger partial charge in [-0.2, -0.15) is 0 Å². The average molecular weight is 144 g/mol. The van der Waals surface area contributed by atoms with Crippen molar-refractivity contribution in [2.45, 2.75) is 6.92 Å². The molecule has 49 valence electrons. The molecule has 0 saturated carbocycles. The van der Waals surface area contributed by atoms with Crippen LogP contribution >= 0.6 is 0 Å². The van der Waals surface area contributed by atoms with Gasteiger partial charge in [-0.1, -0.05) is 5.16 Å². The van der Waals surface area contributed by atoms with Gasteiger partial charge in [-0.3, -0.25) is 0 Å². The first-order chi connectivity index (χ1) is 3.18. The van der Waals surface area contributed by atoms with Gasteiger partial charge in [0.15, 0.2) is 5.71 Å². The number of carbonyl (C=O) groups is 1. The third-order valence-corrected chi connectivity index (χ3v) is 0.460. The van der Waals surface area contributed by atoms with Crippen molar-refractivity contribution in [3.05, 3.63) is 0 Å². The predicted octanol–water partition coefficient (Wildman–Crippen LogP) is -1.28. The van der Waals surface area contributed by atoms with Crippen molar-refractivity contribution in [3.63, 3.8) is 0 Å². The van der Waals surface area contributed by atoms with Gasteiger partial charge in [0.25, 0.3) is 0 Å². The summed E-state index contributed by atoms with van der Waals surface area (Å²) in [7, 11) is 0. The van der Waals surface area contributed by atoms with Crippen LogP contribution < -0.4 is 0 Å². The normalized spacial score (nSPS) is 8.78. The summed E-state index contributed by atoms with van der Waals surface area (Å²) in [6.07, 6.45) is 0. The zero-order chi connectivity index (χ0) is 5.86. The molecule has 0 rings (SSSR count). The van der Waals surface area contributed by atoms with Crippen LogP contribution in [0.4, 0.5) is 0 Å². The van der Waals surface area contributed by atoms with Crippen LogP contribution in [0.3, 0.4) is 0 Å². The van der Waals surface area contributed by atoms with Crippen LogP contribution in [0.15, 0.2) is 5.16 Å². The molecule has 0 unspecified atom stereocenters. The molecular formula is C3H7NNaO4. The minimum atomic E-state index is -1.21. The van der Waals surface area contributed by atoms with Crippen LogP contribution in [-0.4, -0.2) is 57.0 Å². The fourth-order valence-electron chi connectivity index (χ4n) is 0.0428. The van der Waals surface area contributed by atoms with Gasteiger partial charge in [0, 0.05) is 29.6 Å². The topological polar surface area (TPSA) is 101 Å². The van der Waals surface area contributed by atoms with Crippen molar-refractivity contribution < 1.29 is 20.6 Å². The summed E-state index contributed by atoms with van der Waals surface area (Å²) < 4.78 is 0. The summed E-state index contributed by atoms with van der Waals surface area (Å²) in [5, 5.41) is 18.0. The van der Waals surface area contributed by atoms with Crippen molar-refractivity contribution >= 4 is 41.2 Å². The number of rotatable bonds is 1. The zero-order valence-electron chi connectivity index (χ0n) is 5.25. The molecule has 0 aliphatic carbocycles. The molecule has 0 atom stereocenters. The second-order valence-electron chi connectivity index (χ2n) is 0.991. The summed E-state index contributed by atoms with van der Waals surface area (Å²) >= 11 is 0. The maximum atomic E-state index is 9.64. The summed E-state index contributed by atoms with van der Waals surface area (Å²) in [5.74, 6) is -1.21. The molecule has 9 heavy (non-hydrogen) atoms. The first-order valence-corrected chi connectivity index (χ1v) is 1.60. The van der Waals surface area contributed by atoms with Gasteiger partial charge in [-0.25, -0.2) is 4.79 Å². The number of carboxylic acid groups (broad SMARTS) is 1. The second-order valence-corrected chi connectivity index (χ2v) is 0.991. The van der Waals surface area contributed by atoms with Gasteiger partial charge in [0.1, 0.15) is 0 Å².